The predicted molar refractivity (Wildman–Crippen MR) is 68.2 cm³/mol. The lowest BCUT2D eigenvalue weighted by Crippen LogP contribution is -2.45. The minimum Gasteiger partial charge on any atom is -0.464 e. The van der Waals surface area contributed by atoms with Crippen molar-refractivity contribution in [3.8, 4) is 0 Å². The third-order valence-electron chi connectivity index (χ3n) is 1.60. The molecule has 1 N–H and O–H groups in total. The lowest BCUT2D eigenvalue weighted by molar-refractivity contribution is -0.145. The van der Waals surface area contributed by atoms with Crippen LogP contribution in [0.25, 0.3) is 0 Å². The van der Waals surface area contributed by atoms with Crippen LogP contribution in [0.5, 0.6) is 0 Å². The van der Waals surface area contributed by atoms with E-state index in [1.807, 2.05) is 6.26 Å². The summed E-state index contributed by atoms with van der Waals surface area (Å²) in [6, 6.07) is -0.667. The molecule has 17 heavy (non-hydrogen) atoms. The van der Waals surface area contributed by atoms with Gasteiger partial charge in [-0.3, -0.25) is 0 Å². The van der Waals surface area contributed by atoms with E-state index in [1.54, 1.807) is 27.7 Å². The Bertz CT molecular complexity index is 263. The second-order valence-electron chi connectivity index (χ2n) is 4.41. The van der Waals surface area contributed by atoms with Gasteiger partial charge >= 0.3 is 12.1 Å². The van der Waals surface area contributed by atoms with E-state index in [-0.39, 0.29) is 0 Å². The molecule has 6 heteroatoms. The first-order valence-corrected chi connectivity index (χ1v) is 6.84. The number of ether oxygens (including phenoxy) is 2. The number of nitrogens with one attached hydrogen (secondary N) is 1. The summed E-state index contributed by atoms with van der Waals surface area (Å²) in [7, 11) is 0. The van der Waals surface area contributed by atoms with Crippen molar-refractivity contribution in [2.24, 2.45) is 0 Å². The number of carbonyl (C=O) groups is 2. The van der Waals surface area contributed by atoms with E-state index in [0.717, 1.165) is 0 Å². The Hall–Kier alpha value is -0.910. The topological polar surface area (TPSA) is 64.6 Å². The molecular formula is C11H21NO4S. The van der Waals surface area contributed by atoms with Crippen LogP contribution in [0.3, 0.4) is 0 Å². The standard InChI is InChI=1S/C11H21NO4S/c1-6-15-9(13)8(7-17-5)12-10(14)16-11(2,3)4/h8H,6-7H2,1-5H3,(H,12,14). The highest BCUT2D eigenvalue weighted by atomic mass is 32.2. The van der Waals surface area contributed by atoms with Crippen LogP contribution in [0.15, 0.2) is 0 Å². The third kappa shape index (κ3) is 7.90. The van der Waals surface area contributed by atoms with Gasteiger partial charge < -0.3 is 14.8 Å². The van der Waals surface area contributed by atoms with Gasteiger partial charge in [0, 0.05) is 5.75 Å². The number of alkyl carbamates (subject to hydrolysis) is 1. The number of hydrogen-bond donors (Lipinski definition) is 1. The summed E-state index contributed by atoms with van der Waals surface area (Å²) < 4.78 is 9.94. The number of hydrogen-bond acceptors (Lipinski definition) is 5. The first kappa shape index (κ1) is 16.1. The predicted octanol–water partition coefficient (Wildman–Crippen LogP) is 1.81. The van der Waals surface area contributed by atoms with E-state index in [1.165, 1.54) is 11.8 Å². The maximum Gasteiger partial charge on any atom is 0.408 e. The first-order valence-electron chi connectivity index (χ1n) is 5.45. The van der Waals surface area contributed by atoms with Crippen molar-refractivity contribution in [3.05, 3.63) is 0 Å². The summed E-state index contributed by atoms with van der Waals surface area (Å²) in [5.41, 5.74) is -0.581. The van der Waals surface area contributed by atoms with Crippen LogP contribution in [0.2, 0.25) is 0 Å². The van der Waals surface area contributed by atoms with Gasteiger partial charge in [-0.1, -0.05) is 0 Å². The molecule has 5 nitrogen and oxygen atoms in total. The summed E-state index contributed by atoms with van der Waals surface area (Å²) in [6.07, 6.45) is 1.24. The van der Waals surface area contributed by atoms with E-state index in [2.05, 4.69) is 5.32 Å². The molecule has 0 saturated heterocycles. The number of rotatable bonds is 5. The van der Waals surface area contributed by atoms with Gasteiger partial charge in [0.05, 0.1) is 6.61 Å². The number of carbonyl (C=O) groups excluding carboxylic acids is 2. The lowest BCUT2D eigenvalue weighted by Gasteiger charge is -2.22. The zero-order valence-corrected chi connectivity index (χ0v) is 11.8. The Morgan fingerprint density at radius 2 is 1.94 bits per heavy atom. The van der Waals surface area contributed by atoms with Gasteiger partial charge in [0.1, 0.15) is 11.6 Å². The number of thioether (sulfide) groups is 1. The maximum atomic E-state index is 11.5. The maximum absolute atomic E-state index is 11.5. The fraction of sp³-hybridized carbons (Fsp3) is 0.818. The highest BCUT2D eigenvalue weighted by molar-refractivity contribution is 7.98. The molecule has 0 aliphatic heterocycles. The van der Waals surface area contributed by atoms with Crippen molar-refractivity contribution in [2.45, 2.75) is 39.3 Å². The van der Waals surface area contributed by atoms with Gasteiger partial charge in [-0.2, -0.15) is 11.8 Å². The molecule has 0 aromatic carbocycles. The quantitative estimate of drug-likeness (QED) is 0.766. The van der Waals surface area contributed by atoms with Crippen LogP contribution in [0.1, 0.15) is 27.7 Å². The molecule has 0 aliphatic rings. The summed E-state index contributed by atoms with van der Waals surface area (Å²) in [5.74, 6) is 0.0191. The van der Waals surface area contributed by atoms with E-state index >= 15 is 0 Å². The molecule has 1 amide bonds. The summed E-state index contributed by atoms with van der Waals surface area (Å²) in [6.45, 7) is 7.31. The molecule has 0 aromatic rings. The highest BCUT2D eigenvalue weighted by Gasteiger charge is 2.24. The number of amides is 1. The second-order valence-corrected chi connectivity index (χ2v) is 5.32. The second kappa shape index (κ2) is 7.42. The molecule has 1 unspecified atom stereocenters. The molecule has 0 fully saturated rings. The van der Waals surface area contributed by atoms with Crippen LogP contribution in [-0.2, 0) is 14.3 Å². The minimum absolute atomic E-state index is 0.291. The minimum atomic E-state index is -0.667. The van der Waals surface area contributed by atoms with Gasteiger partial charge in [-0.05, 0) is 34.0 Å². The van der Waals surface area contributed by atoms with Gasteiger partial charge in [0.15, 0.2) is 0 Å². The van der Waals surface area contributed by atoms with E-state index in [9.17, 15) is 9.59 Å². The Kier molecular flexibility index (Phi) is 7.03. The zero-order valence-electron chi connectivity index (χ0n) is 11.0. The molecular weight excluding hydrogens is 242 g/mol. The van der Waals surface area contributed by atoms with E-state index in [4.69, 9.17) is 9.47 Å². The van der Waals surface area contributed by atoms with Crippen molar-refractivity contribution in [1.29, 1.82) is 0 Å². The Morgan fingerprint density at radius 3 is 2.35 bits per heavy atom. The van der Waals surface area contributed by atoms with Crippen molar-refractivity contribution < 1.29 is 19.1 Å². The van der Waals surface area contributed by atoms with Crippen LogP contribution in [-0.4, -0.2) is 42.3 Å². The molecule has 0 bridgehead atoms. The van der Waals surface area contributed by atoms with Crippen LogP contribution >= 0.6 is 11.8 Å². The largest absolute Gasteiger partial charge is 0.464 e. The summed E-state index contributed by atoms with van der Waals surface area (Å²) in [5, 5.41) is 2.50. The molecule has 0 aliphatic carbocycles. The van der Waals surface area contributed by atoms with E-state index < -0.39 is 23.7 Å². The van der Waals surface area contributed by atoms with E-state index in [0.29, 0.717) is 12.4 Å². The molecule has 1 atom stereocenters. The normalized spacial score (nSPS) is 12.8. The molecule has 0 radical (unpaired) electrons. The van der Waals surface area contributed by atoms with Crippen molar-refractivity contribution >= 4 is 23.8 Å². The van der Waals surface area contributed by atoms with Crippen LogP contribution in [0, 0.1) is 0 Å². The van der Waals surface area contributed by atoms with Gasteiger partial charge in [-0.25, -0.2) is 9.59 Å². The average molecular weight is 263 g/mol. The average Bonchev–Trinajstić information content (AvgIpc) is 2.14. The molecule has 0 heterocycles. The molecule has 0 aromatic heterocycles. The first-order chi connectivity index (χ1) is 7.80. The summed E-state index contributed by atoms with van der Waals surface area (Å²) in [4.78, 5) is 23.0. The van der Waals surface area contributed by atoms with Gasteiger partial charge in [0.2, 0.25) is 0 Å². The van der Waals surface area contributed by atoms with Gasteiger partial charge in [-0.15, -0.1) is 0 Å². The van der Waals surface area contributed by atoms with Gasteiger partial charge in [0.25, 0.3) is 0 Å². The molecule has 0 saturated carbocycles. The fourth-order valence-electron chi connectivity index (χ4n) is 1.03. The zero-order chi connectivity index (χ0) is 13.5. The Balaban J connectivity index is 4.34. The highest BCUT2D eigenvalue weighted by Crippen LogP contribution is 2.08. The van der Waals surface area contributed by atoms with Crippen molar-refractivity contribution in [2.75, 3.05) is 18.6 Å². The molecule has 0 rings (SSSR count). The van der Waals surface area contributed by atoms with Crippen molar-refractivity contribution in [1.82, 2.24) is 5.32 Å². The molecule has 100 valence electrons. The smallest absolute Gasteiger partial charge is 0.408 e. The Morgan fingerprint density at radius 1 is 1.35 bits per heavy atom. The fourth-order valence-corrected chi connectivity index (χ4v) is 1.58. The Labute approximate surface area is 107 Å². The third-order valence-corrected chi connectivity index (χ3v) is 2.26. The molecule has 0 spiro atoms. The lowest BCUT2D eigenvalue weighted by atomic mass is 10.2. The SMILES string of the molecule is CCOC(=O)C(CSC)NC(=O)OC(C)(C)C. The summed E-state index contributed by atoms with van der Waals surface area (Å²) >= 11 is 1.45. The van der Waals surface area contributed by atoms with Crippen LogP contribution < -0.4 is 5.32 Å². The van der Waals surface area contributed by atoms with Crippen LogP contribution in [0.4, 0.5) is 4.79 Å². The van der Waals surface area contributed by atoms with Crippen molar-refractivity contribution in [3.63, 3.8) is 0 Å². The monoisotopic (exact) mass is 263 g/mol. The number of esters is 1.